The second-order valence-corrected chi connectivity index (χ2v) is 7.26. The van der Waals surface area contributed by atoms with E-state index in [1.807, 2.05) is 0 Å². The van der Waals surface area contributed by atoms with Gasteiger partial charge in [-0.15, -0.1) is 0 Å². The van der Waals surface area contributed by atoms with E-state index in [1.54, 1.807) is 0 Å². The van der Waals surface area contributed by atoms with Gasteiger partial charge in [0.25, 0.3) is 0 Å². The zero-order chi connectivity index (χ0) is 19.1. The molecule has 0 bridgehead atoms. The van der Waals surface area contributed by atoms with Crippen molar-refractivity contribution >= 4 is 11.9 Å². The summed E-state index contributed by atoms with van der Waals surface area (Å²) in [6.07, 6.45) is 2.89. The van der Waals surface area contributed by atoms with Crippen LogP contribution in [0.25, 0.3) is 0 Å². The first kappa shape index (κ1) is 20.2. The van der Waals surface area contributed by atoms with Gasteiger partial charge in [-0.3, -0.25) is 0 Å². The molecule has 1 saturated carbocycles. The molecule has 6 heteroatoms. The molecule has 0 saturated heterocycles. The normalized spacial score (nSPS) is 22.7. The van der Waals surface area contributed by atoms with E-state index in [2.05, 4.69) is 20.8 Å². The lowest BCUT2D eigenvalue weighted by atomic mass is 9.75. The number of hydrogen-bond donors (Lipinski definition) is 0. The maximum atomic E-state index is 13.0. The Morgan fingerprint density at radius 1 is 1.19 bits per heavy atom. The van der Waals surface area contributed by atoms with Crippen molar-refractivity contribution in [1.29, 1.82) is 0 Å². The highest BCUT2D eigenvalue weighted by Crippen LogP contribution is 2.35. The first-order chi connectivity index (χ1) is 12.3. The van der Waals surface area contributed by atoms with Gasteiger partial charge in [0.2, 0.25) is 0 Å². The smallest absolute Gasteiger partial charge is 0.344 e. The number of ether oxygens (including phenoxy) is 3. The van der Waals surface area contributed by atoms with Gasteiger partial charge in [0.15, 0.2) is 13.2 Å². The number of rotatable bonds is 7. The molecule has 0 heterocycles. The molecule has 0 radical (unpaired) electrons. The monoisotopic (exact) mass is 366 g/mol. The lowest BCUT2D eigenvalue weighted by Crippen LogP contribution is -2.37. The van der Waals surface area contributed by atoms with Crippen LogP contribution < -0.4 is 4.74 Å². The van der Waals surface area contributed by atoms with Gasteiger partial charge in [0.1, 0.15) is 17.7 Å². The summed E-state index contributed by atoms with van der Waals surface area (Å²) in [5, 5.41) is 0. The Labute approximate surface area is 153 Å². The molecular formula is C20H27FO5. The molecule has 1 aromatic carbocycles. The molecule has 0 unspecified atom stereocenters. The SMILES string of the molecule is CC(C)[C@@H]1CC[C@@H](C)C[C@@H]1OC(=O)COC(=O)COc1cccc(F)c1. The second kappa shape index (κ2) is 9.55. The van der Waals surface area contributed by atoms with Crippen molar-refractivity contribution in [2.75, 3.05) is 13.2 Å². The highest BCUT2D eigenvalue weighted by atomic mass is 19.1. The van der Waals surface area contributed by atoms with Crippen LogP contribution in [0.15, 0.2) is 24.3 Å². The number of carbonyl (C=O) groups is 2. The fourth-order valence-electron chi connectivity index (χ4n) is 3.33. The molecule has 1 fully saturated rings. The molecule has 3 atom stereocenters. The van der Waals surface area contributed by atoms with Crippen molar-refractivity contribution < 1.29 is 28.2 Å². The Kier molecular flexibility index (Phi) is 7.42. The van der Waals surface area contributed by atoms with E-state index in [1.165, 1.54) is 18.2 Å². The van der Waals surface area contributed by atoms with E-state index in [0.29, 0.717) is 17.8 Å². The van der Waals surface area contributed by atoms with E-state index in [9.17, 15) is 14.0 Å². The van der Waals surface area contributed by atoms with Crippen LogP contribution in [0.1, 0.15) is 40.0 Å². The van der Waals surface area contributed by atoms with Crippen LogP contribution in [0.4, 0.5) is 4.39 Å². The molecule has 5 nitrogen and oxygen atoms in total. The molecule has 144 valence electrons. The molecule has 1 aliphatic rings. The Morgan fingerprint density at radius 2 is 1.96 bits per heavy atom. The van der Waals surface area contributed by atoms with Crippen molar-refractivity contribution in [2.24, 2.45) is 17.8 Å². The van der Waals surface area contributed by atoms with E-state index in [-0.39, 0.29) is 11.9 Å². The molecule has 0 aromatic heterocycles. The zero-order valence-corrected chi connectivity index (χ0v) is 15.6. The van der Waals surface area contributed by atoms with Crippen LogP contribution in [0.5, 0.6) is 5.75 Å². The van der Waals surface area contributed by atoms with Gasteiger partial charge in [-0.2, -0.15) is 0 Å². The maximum absolute atomic E-state index is 13.0. The van der Waals surface area contributed by atoms with E-state index >= 15 is 0 Å². The summed E-state index contributed by atoms with van der Waals surface area (Å²) in [6.45, 7) is 5.57. The highest BCUT2D eigenvalue weighted by molar-refractivity contribution is 5.77. The molecule has 26 heavy (non-hydrogen) atoms. The van der Waals surface area contributed by atoms with Crippen molar-refractivity contribution in [3.8, 4) is 5.75 Å². The summed E-state index contributed by atoms with van der Waals surface area (Å²) in [7, 11) is 0. The Hall–Kier alpha value is -2.11. The van der Waals surface area contributed by atoms with E-state index in [0.717, 1.165) is 25.3 Å². The van der Waals surface area contributed by atoms with Crippen molar-refractivity contribution in [3.05, 3.63) is 30.1 Å². The Bertz CT molecular complexity index is 616. The van der Waals surface area contributed by atoms with Crippen LogP contribution in [-0.4, -0.2) is 31.3 Å². The average molecular weight is 366 g/mol. The third-order valence-electron chi connectivity index (χ3n) is 4.75. The Morgan fingerprint density at radius 3 is 2.65 bits per heavy atom. The van der Waals surface area contributed by atoms with Gasteiger partial charge in [0.05, 0.1) is 0 Å². The van der Waals surface area contributed by atoms with Gasteiger partial charge in [-0.05, 0) is 42.7 Å². The topological polar surface area (TPSA) is 61.8 Å². The first-order valence-corrected chi connectivity index (χ1v) is 9.08. The Balaban J connectivity index is 1.74. The number of carbonyl (C=O) groups excluding carboxylic acids is 2. The average Bonchev–Trinajstić information content (AvgIpc) is 2.58. The minimum Gasteiger partial charge on any atom is -0.482 e. The molecular weight excluding hydrogens is 339 g/mol. The molecule has 0 amide bonds. The van der Waals surface area contributed by atoms with Gasteiger partial charge >= 0.3 is 11.9 Å². The number of benzene rings is 1. The predicted molar refractivity (Wildman–Crippen MR) is 94.1 cm³/mol. The van der Waals surface area contributed by atoms with Gasteiger partial charge in [-0.1, -0.05) is 33.3 Å². The quantitative estimate of drug-likeness (QED) is 0.688. The highest BCUT2D eigenvalue weighted by Gasteiger charge is 2.33. The van der Waals surface area contributed by atoms with Gasteiger partial charge in [0, 0.05) is 6.07 Å². The molecule has 0 N–H and O–H groups in total. The largest absolute Gasteiger partial charge is 0.482 e. The van der Waals surface area contributed by atoms with Crippen molar-refractivity contribution in [2.45, 2.75) is 46.1 Å². The lowest BCUT2D eigenvalue weighted by Gasteiger charge is -2.36. The van der Waals surface area contributed by atoms with Crippen molar-refractivity contribution in [1.82, 2.24) is 0 Å². The van der Waals surface area contributed by atoms with Crippen LogP contribution >= 0.6 is 0 Å². The second-order valence-electron chi connectivity index (χ2n) is 7.26. The van der Waals surface area contributed by atoms with Crippen LogP contribution in [0, 0.1) is 23.6 Å². The molecule has 0 spiro atoms. The summed E-state index contributed by atoms with van der Waals surface area (Å²) in [4.78, 5) is 23.7. The predicted octanol–water partition coefficient (Wildman–Crippen LogP) is 3.75. The fraction of sp³-hybridized carbons (Fsp3) is 0.600. The standard InChI is InChI=1S/C20H27FO5/c1-13(2)17-8-7-14(3)9-18(17)26-20(23)12-25-19(22)11-24-16-6-4-5-15(21)10-16/h4-6,10,13-14,17-18H,7-9,11-12H2,1-3H3/t14-,17+,18+/m1/s1. The molecule has 1 aliphatic carbocycles. The lowest BCUT2D eigenvalue weighted by molar-refractivity contribution is -0.167. The van der Waals surface area contributed by atoms with Crippen LogP contribution in [0.3, 0.4) is 0 Å². The van der Waals surface area contributed by atoms with E-state index < -0.39 is 31.0 Å². The number of esters is 2. The minimum atomic E-state index is -0.705. The fourth-order valence-corrected chi connectivity index (χ4v) is 3.33. The summed E-state index contributed by atoms with van der Waals surface area (Å²) in [6, 6.07) is 5.44. The summed E-state index contributed by atoms with van der Waals surface area (Å²) >= 11 is 0. The summed E-state index contributed by atoms with van der Waals surface area (Å²) in [5.41, 5.74) is 0. The molecule has 1 aromatic rings. The zero-order valence-electron chi connectivity index (χ0n) is 15.6. The molecule has 2 rings (SSSR count). The molecule has 0 aliphatic heterocycles. The third-order valence-corrected chi connectivity index (χ3v) is 4.75. The number of halogens is 1. The maximum Gasteiger partial charge on any atom is 0.344 e. The van der Waals surface area contributed by atoms with Gasteiger partial charge < -0.3 is 14.2 Å². The van der Waals surface area contributed by atoms with Crippen molar-refractivity contribution in [3.63, 3.8) is 0 Å². The summed E-state index contributed by atoms with van der Waals surface area (Å²) < 4.78 is 28.6. The van der Waals surface area contributed by atoms with Crippen LogP contribution in [0.2, 0.25) is 0 Å². The van der Waals surface area contributed by atoms with Crippen LogP contribution in [-0.2, 0) is 19.1 Å². The van der Waals surface area contributed by atoms with E-state index in [4.69, 9.17) is 14.2 Å². The third kappa shape index (κ3) is 6.32. The van der Waals surface area contributed by atoms with Gasteiger partial charge in [-0.25, -0.2) is 14.0 Å². The number of hydrogen-bond acceptors (Lipinski definition) is 5. The first-order valence-electron chi connectivity index (χ1n) is 9.08. The minimum absolute atomic E-state index is 0.131. The summed E-state index contributed by atoms with van der Waals surface area (Å²) in [5.74, 6) is -0.200.